The second-order valence-corrected chi connectivity index (χ2v) is 4.77. The number of ketones is 1. The molecule has 2 aromatic carbocycles. The highest BCUT2D eigenvalue weighted by Gasteiger charge is 1.97. The predicted molar refractivity (Wildman–Crippen MR) is 85.1 cm³/mol. The number of rotatable bonds is 5. The van der Waals surface area contributed by atoms with Crippen LogP contribution in [0.25, 0.3) is 6.08 Å². The predicted octanol–water partition coefficient (Wildman–Crippen LogP) is 4.32. The number of nitrogens with one attached hydrogen (secondary N) is 1. The molecular weight excluding hydrogens is 246 g/mol. The minimum absolute atomic E-state index is 0.0935. The summed E-state index contributed by atoms with van der Waals surface area (Å²) in [6, 6.07) is 15.8. The van der Waals surface area contributed by atoms with Gasteiger partial charge in [-0.15, -0.1) is 0 Å². The molecule has 0 saturated carbocycles. The van der Waals surface area contributed by atoms with Crippen molar-refractivity contribution in [3.63, 3.8) is 0 Å². The van der Waals surface area contributed by atoms with Crippen LogP contribution in [0.4, 0.5) is 5.69 Å². The van der Waals surface area contributed by atoms with E-state index in [-0.39, 0.29) is 5.78 Å². The molecule has 0 bridgehead atoms. The number of anilines is 1. The first-order valence-corrected chi connectivity index (χ1v) is 6.74. The van der Waals surface area contributed by atoms with Crippen molar-refractivity contribution in [3.8, 4) is 0 Å². The van der Waals surface area contributed by atoms with Crippen molar-refractivity contribution >= 4 is 17.5 Å². The average molecular weight is 265 g/mol. The maximum Gasteiger partial charge on any atom is 0.159 e. The first-order chi connectivity index (χ1) is 9.66. The molecule has 0 aliphatic rings. The van der Waals surface area contributed by atoms with Gasteiger partial charge in [0.15, 0.2) is 5.78 Å². The molecule has 0 spiro atoms. The normalized spacial score (nSPS) is 10.7. The Kier molecular flexibility index (Phi) is 4.72. The summed E-state index contributed by atoms with van der Waals surface area (Å²) in [4.78, 5) is 11.2. The zero-order valence-corrected chi connectivity index (χ0v) is 11.9. The van der Waals surface area contributed by atoms with Gasteiger partial charge >= 0.3 is 0 Å². The summed E-state index contributed by atoms with van der Waals surface area (Å²) in [5.74, 6) is 0.0935. The molecule has 20 heavy (non-hydrogen) atoms. The standard InChI is InChI=1S/C18H19NO/c1-14-6-3-4-7-16(14)8-5-13-19-18-11-9-17(10-12-18)15(2)20/h3-12,19H,13H2,1-2H3/b8-5+. The highest BCUT2D eigenvalue weighted by atomic mass is 16.1. The number of carbonyl (C=O) groups excluding carboxylic acids is 1. The minimum atomic E-state index is 0.0935. The van der Waals surface area contributed by atoms with Gasteiger partial charge in [0, 0.05) is 17.8 Å². The van der Waals surface area contributed by atoms with Gasteiger partial charge < -0.3 is 5.32 Å². The van der Waals surface area contributed by atoms with Crippen molar-refractivity contribution in [2.24, 2.45) is 0 Å². The van der Waals surface area contributed by atoms with Gasteiger partial charge in [-0.05, 0) is 49.2 Å². The van der Waals surface area contributed by atoms with Crippen LogP contribution in [-0.2, 0) is 0 Å². The Morgan fingerprint density at radius 3 is 2.45 bits per heavy atom. The Labute approximate surface area is 120 Å². The summed E-state index contributed by atoms with van der Waals surface area (Å²) in [6.45, 7) is 4.44. The van der Waals surface area contributed by atoms with E-state index in [9.17, 15) is 4.79 Å². The topological polar surface area (TPSA) is 29.1 Å². The van der Waals surface area contributed by atoms with Gasteiger partial charge in [-0.2, -0.15) is 0 Å². The molecule has 0 atom stereocenters. The fourth-order valence-electron chi connectivity index (χ4n) is 1.96. The highest BCUT2D eigenvalue weighted by Crippen LogP contribution is 2.11. The summed E-state index contributed by atoms with van der Waals surface area (Å²) in [5.41, 5.74) is 4.27. The largest absolute Gasteiger partial charge is 0.382 e. The van der Waals surface area contributed by atoms with Crippen molar-refractivity contribution in [3.05, 3.63) is 71.3 Å². The number of carbonyl (C=O) groups is 1. The van der Waals surface area contributed by atoms with E-state index in [1.54, 1.807) is 6.92 Å². The van der Waals surface area contributed by atoms with Crippen LogP contribution in [0.5, 0.6) is 0 Å². The van der Waals surface area contributed by atoms with Gasteiger partial charge in [0.05, 0.1) is 0 Å². The Morgan fingerprint density at radius 2 is 1.80 bits per heavy atom. The lowest BCUT2D eigenvalue weighted by molar-refractivity contribution is 0.101. The lowest BCUT2D eigenvalue weighted by atomic mass is 10.1. The molecule has 0 fully saturated rings. The molecule has 0 radical (unpaired) electrons. The number of benzene rings is 2. The van der Waals surface area contributed by atoms with Crippen LogP contribution in [0.3, 0.4) is 0 Å². The van der Waals surface area contributed by atoms with Gasteiger partial charge in [0.2, 0.25) is 0 Å². The Morgan fingerprint density at radius 1 is 1.10 bits per heavy atom. The first kappa shape index (κ1) is 14.1. The quantitative estimate of drug-likeness (QED) is 0.816. The van der Waals surface area contributed by atoms with E-state index in [2.05, 4.69) is 36.5 Å². The molecule has 1 N–H and O–H groups in total. The zero-order valence-electron chi connectivity index (χ0n) is 11.9. The van der Waals surface area contributed by atoms with Crippen LogP contribution in [0.2, 0.25) is 0 Å². The summed E-state index contributed by atoms with van der Waals surface area (Å²) < 4.78 is 0. The lowest BCUT2D eigenvalue weighted by Gasteiger charge is -2.04. The Hall–Kier alpha value is -2.35. The Bertz CT molecular complexity index is 612. The van der Waals surface area contributed by atoms with Crippen LogP contribution in [0, 0.1) is 6.92 Å². The van der Waals surface area contributed by atoms with E-state index in [1.807, 2.05) is 36.4 Å². The molecule has 102 valence electrons. The van der Waals surface area contributed by atoms with E-state index in [0.29, 0.717) is 0 Å². The monoisotopic (exact) mass is 265 g/mol. The average Bonchev–Trinajstić information content (AvgIpc) is 2.46. The molecule has 0 aliphatic heterocycles. The van der Waals surface area contributed by atoms with Gasteiger partial charge in [0.25, 0.3) is 0 Å². The van der Waals surface area contributed by atoms with Crippen molar-refractivity contribution in [2.75, 3.05) is 11.9 Å². The van der Waals surface area contributed by atoms with Crippen LogP contribution < -0.4 is 5.32 Å². The number of hydrogen-bond acceptors (Lipinski definition) is 2. The molecule has 0 aromatic heterocycles. The van der Waals surface area contributed by atoms with Gasteiger partial charge in [-0.3, -0.25) is 4.79 Å². The molecule has 0 amide bonds. The molecule has 0 aliphatic carbocycles. The van der Waals surface area contributed by atoms with Crippen LogP contribution in [0.1, 0.15) is 28.4 Å². The molecule has 0 unspecified atom stereocenters. The van der Waals surface area contributed by atoms with Gasteiger partial charge in [0.1, 0.15) is 0 Å². The van der Waals surface area contributed by atoms with Crippen molar-refractivity contribution in [1.82, 2.24) is 0 Å². The van der Waals surface area contributed by atoms with Crippen LogP contribution >= 0.6 is 0 Å². The fourth-order valence-corrected chi connectivity index (χ4v) is 1.96. The second-order valence-electron chi connectivity index (χ2n) is 4.77. The Balaban J connectivity index is 1.90. The fraction of sp³-hybridized carbons (Fsp3) is 0.167. The molecular formula is C18H19NO. The van der Waals surface area contributed by atoms with E-state index in [1.165, 1.54) is 11.1 Å². The smallest absolute Gasteiger partial charge is 0.159 e. The third kappa shape index (κ3) is 3.82. The minimum Gasteiger partial charge on any atom is -0.382 e. The summed E-state index contributed by atoms with van der Waals surface area (Å²) in [7, 11) is 0. The van der Waals surface area contributed by atoms with Gasteiger partial charge in [-0.1, -0.05) is 36.4 Å². The maximum atomic E-state index is 11.2. The van der Waals surface area contributed by atoms with Crippen molar-refractivity contribution in [2.45, 2.75) is 13.8 Å². The summed E-state index contributed by atoms with van der Waals surface area (Å²) >= 11 is 0. The summed E-state index contributed by atoms with van der Waals surface area (Å²) in [6.07, 6.45) is 4.22. The van der Waals surface area contributed by atoms with Crippen molar-refractivity contribution < 1.29 is 4.79 Å². The van der Waals surface area contributed by atoms with E-state index in [0.717, 1.165) is 17.8 Å². The second kappa shape index (κ2) is 6.71. The highest BCUT2D eigenvalue weighted by molar-refractivity contribution is 5.94. The van der Waals surface area contributed by atoms with Gasteiger partial charge in [-0.25, -0.2) is 0 Å². The molecule has 0 saturated heterocycles. The lowest BCUT2D eigenvalue weighted by Crippen LogP contribution is -1.99. The van der Waals surface area contributed by atoms with E-state index in [4.69, 9.17) is 0 Å². The maximum absolute atomic E-state index is 11.2. The van der Waals surface area contributed by atoms with E-state index >= 15 is 0 Å². The molecule has 0 heterocycles. The summed E-state index contributed by atoms with van der Waals surface area (Å²) in [5, 5.41) is 3.30. The number of Topliss-reactive ketones (excluding diaryl/α,β-unsaturated/α-hetero) is 1. The third-order valence-corrected chi connectivity index (χ3v) is 3.20. The molecule has 2 heteroatoms. The first-order valence-electron chi connectivity index (χ1n) is 6.74. The van der Waals surface area contributed by atoms with Crippen molar-refractivity contribution in [1.29, 1.82) is 0 Å². The van der Waals surface area contributed by atoms with E-state index < -0.39 is 0 Å². The SMILES string of the molecule is CC(=O)c1ccc(NC/C=C/c2ccccc2C)cc1. The molecule has 2 nitrogen and oxygen atoms in total. The van der Waals surface area contributed by atoms with Crippen LogP contribution in [-0.4, -0.2) is 12.3 Å². The third-order valence-electron chi connectivity index (χ3n) is 3.20. The molecule has 2 rings (SSSR count). The number of aryl methyl sites for hydroxylation is 1. The molecule has 2 aromatic rings. The van der Waals surface area contributed by atoms with Crippen LogP contribution in [0.15, 0.2) is 54.6 Å². The zero-order chi connectivity index (χ0) is 14.4. The number of hydrogen-bond donors (Lipinski definition) is 1.